The molecule has 0 aliphatic heterocycles. The molecule has 5 N–H and O–H groups in total. The SMILES string of the molecule is COCC(CCO)Nc1nc(NN)c(Cl)cc1Cl. The van der Waals surface area contributed by atoms with Crippen molar-refractivity contribution in [3.05, 3.63) is 16.1 Å². The minimum Gasteiger partial charge on any atom is -0.396 e. The number of hydrogen-bond donors (Lipinski definition) is 4. The molecule has 6 nitrogen and oxygen atoms in total. The van der Waals surface area contributed by atoms with E-state index in [9.17, 15) is 0 Å². The van der Waals surface area contributed by atoms with Crippen molar-refractivity contribution in [1.29, 1.82) is 0 Å². The van der Waals surface area contributed by atoms with Gasteiger partial charge in [-0.2, -0.15) is 0 Å². The fourth-order valence-electron chi connectivity index (χ4n) is 1.42. The van der Waals surface area contributed by atoms with E-state index >= 15 is 0 Å². The van der Waals surface area contributed by atoms with Crippen LogP contribution in [0.1, 0.15) is 6.42 Å². The van der Waals surface area contributed by atoms with Crippen molar-refractivity contribution in [3.8, 4) is 0 Å². The number of pyridine rings is 1. The van der Waals surface area contributed by atoms with Crippen LogP contribution in [0.25, 0.3) is 0 Å². The van der Waals surface area contributed by atoms with E-state index in [4.69, 9.17) is 38.9 Å². The lowest BCUT2D eigenvalue weighted by molar-refractivity contribution is 0.170. The molecule has 0 aliphatic carbocycles. The summed E-state index contributed by atoms with van der Waals surface area (Å²) in [5, 5.41) is 12.7. The lowest BCUT2D eigenvalue weighted by Gasteiger charge is -2.19. The number of aliphatic hydroxyl groups is 1. The molecule has 1 atom stereocenters. The van der Waals surface area contributed by atoms with Gasteiger partial charge in [0, 0.05) is 13.7 Å². The van der Waals surface area contributed by atoms with Gasteiger partial charge in [-0.05, 0) is 12.5 Å². The van der Waals surface area contributed by atoms with Gasteiger partial charge in [-0.25, -0.2) is 10.8 Å². The molecular formula is C10H16Cl2N4O2. The summed E-state index contributed by atoms with van der Waals surface area (Å²) in [6, 6.07) is 1.44. The number of rotatable bonds is 7. The van der Waals surface area contributed by atoms with Crippen molar-refractivity contribution >= 4 is 34.8 Å². The Hall–Kier alpha value is -0.790. The molecule has 0 saturated carbocycles. The Morgan fingerprint density at radius 1 is 1.44 bits per heavy atom. The van der Waals surface area contributed by atoms with Gasteiger partial charge in [0.15, 0.2) is 5.82 Å². The van der Waals surface area contributed by atoms with Crippen LogP contribution in [0.3, 0.4) is 0 Å². The Morgan fingerprint density at radius 3 is 2.67 bits per heavy atom. The first kappa shape index (κ1) is 15.3. The van der Waals surface area contributed by atoms with Gasteiger partial charge in [0.1, 0.15) is 5.82 Å². The minimum atomic E-state index is -0.100. The molecule has 0 amide bonds. The van der Waals surface area contributed by atoms with Gasteiger partial charge in [-0.3, -0.25) is 0 Å². The van der Waals surface area contributed by atoms with Gasteiger partial charge in [0.25, 0.3) is 0 Å². The summed E-state index contributed by atoms with van der Waals surface area (Å²) < 4.78 is 5.04. The zero-order chi connectivity index (χ0) is 13.5. The summed E-state index contributed by atoms with van der Waals surface area (Å²) in [5.41, 5.74) is 2.38. The number of ether oxygens (including phenoxy) is 1. The summed E-state index contributed by atoms with van der Waals surface area (Å²) in [6.45, 7) is 0.459. The van der Waals surface area contributed by atoms with Crippen LogP contribution in [-0.2, 0) is 4.74 Å². The topological polar surface area (TPSA) is 92.4 Å². The van der Waals surface area contributed by atoms with Crippen LogP contribution in [-0.4, -0.2) is 36.5 Å². The Kier molecular flexibility index (Phi) is 6.45. The second-order valence-electron chi connectivity index (χ2n) is 3.60. The third-order valence-electron chi connectivity index (χ3n) is 2.25. The Morgan fingerprint density at radius 2 is 2.11 bits per heavy atom. The Labute approximate surface area is 115 Å². The van der Waals surface area contributed by atoms with Crippen LogP contribution in [0.5, 0.6) is 0 Å². The van der Waals surface area contributed by atoms with E-state index < -0.39 is 0 Å². The summed E-state index contributed by atoms with van der Waals surface area (Å²) in [5.74, 6) is 6.04. The van der Waals surface area contributed by atoms with E-state index in [1.165, 1.54) is 6.07 Å². The maximum absolute atomic E-state index is 8.95. The largest absolute Gasteiger partial charge is 0.396 e. The first-order chi connectivity index (χ1) is 8.62. The quantitative estimate of drug-likeness (QED) is 0.450. The molecule has 1 aromatic heterocycles. The lowest BCUT2D eigenvalue weighted by atomic mass is 10.2. The zero-order valence-electron chi connectivity index (χ0n) is 9.91. The highest BCUT2D eigenvalue weighted by atomic mass is 35.5. The molecule has 1 unspecified atom stereocenters. The molecule has 1 rings (SSSR count). The number of nitrogen functional groups attached to an aromatic ring is 1. The van der Waals surface area contributed by atoms with Gasteiger partial charge >= 0.3 is 0 Å². The molecule has 102 valence electrons. The summed E-state index contributed by atoms with van der Waals surface area (Å²) in [6.07, 6.45) is 0.514. The number of aromatic nitrogens is 1. The van der Waals surface area contributed by atoms with E-state index in [2.05, 4.69) is 15.7 Å². The normalized spacial score (nSPS) is 12.3. The fraction of sp³-hybridized carbons (Fsp3) is 0.500. The van der Waals surface area contributed by atoms with Gasteiger partial charge in [0.05, 0.1) is 22.7 Å². The maximum atomic E-state index is 8.95. The number of anilines is 2. The van der Waals surface area contributed by atoms with E-state index in [-0.39, 0.29) is 12.6 Å². The Bertz CT molecular complexity index is 386. The smallest absolute Gasteiger partial charge is 0.161 e. The van der Waals surface area contributed by atoms with Crippen molar-refractivity contribution in [3.63, 3.8) is 0 Å². The van der Waals surface area contributed by atoms with Crippen LogP contribution in [0, 0.1) is 0 Å². The van der Waals surface area contributed by atoms with Gasteiger partial charge in [-0.1, -0.05) is 23.2 Å². The second-order valence-corrected chi connectivity index (χ2v) is 4.42. The Balaban J connectivity index is 2.87. The van der Waals surface area contributed by atoms with Crippen molar-refractivity contribution < 1.29 is 9.84 Å². The number of hydrogen-bond acceptors (Lipinski definition) is 6. The molecule has 0 spiro atoms. The first-order valence-electron chi connectivity index (χ1n) is 5.31. The van der Waals surface area contributed by atoms with Gasteiger partial charge < -0.3 is 20.6 Å². The number of nitrogens with two attached hydrogens (primary N) is 1. The molecule has 1 heterocycles. The number of halogens is 2. The average Bonchev–Trinajstić information content (AvgIpc) is 2.33. The predicted octanol–water partition coefficient (Wildman–Crippen LogP) is 1.48. The molecule has 0 fully saturated rings. The molecule has 0 aliphatic rings. The van der Waals surface area contributed by atoms with E-state index in [1.807, 2.05) is 0 Å². The van der Waals surface area contributed by atoms with Crippen molar-refractivity contribution in [1.82, 2.24) is 4.98 Å². The summed E-state index contributed by atoms with van der Waals surface area (Å²) in [7, 11) is 1.58. The highest BCUT2D eigenvalue weighted by Gasteiger charge is 2.13. The van der Waals surface area contributed by atoms with Crippen molar-refractivity contribution in [2.75, 3.05) is 31.1 Å². The van der Waals surface area contributed by atoms with Gasteiger partial charge in [-0.15, -0.1) is 0 Å². The molecule has 1 aromatic rings. The van der Waals surface area contributed by atoms with Crippen molar-refractivity contribution in [2.45, 2.75) is 12.5 Å². The van der Waals surface area contributed by atoms with Crippen LogP contribution >= 0.6 is 23.2 Å². The minimum absolute atomic E-state index is 0.0359. The fourth-order valence-corrected chi connectivity index (χ4v) is 1.88. The number of methoxy groups -OCH3 is 1. The first-order valence-corrected chi connectivity index (χ1v) is 6.07. The zero-order valence-corrected chi connectivity index (χ0v) is 11.4. The highest BCUT2D eigenvalue weighted by Crippen LogP contribution is 2.29. The number of nitrogens with one attached hydrogen (secondary N) is 2. The molecule has 0 saturated heterocycles. The van der Waals surface area contributed by atoms with Crippen LogP contribution in [0.15, 0.2) is 6.07 Å². The van der Waals surface area contributed by atoms with Crippen LogP contribution in [0.4, 0.5) is 11.6 Å². The molecule has 0 radical (unpaired) electrons. The average molecular weight is 295 g/mol. The standard InChI is InChI=1S/C10H16Cl2N4O2/c1-18-5-6(2-3-17)14-9-7(11)4-8(12)10(15-9)16-13/h4,6,17H,2-3,5,13H2,1H3,(H2,14,15,16). The van der Waals surface area contributed by atoms with Crippen LogP contribution < -0.4 is 16.6 Å². The van der Waals surface area contributed by atoms with Crippen molar-refractivity contribution in [2.24, 2.45) is 5.84 Å². The molecule has 18 heavy (non-hydrogen) atoms. The second kappa shape index (κ2) is 7.60. The predicted molar refractivity (Wildman–Crippen MR) is 73.1 cm³/mol. The van der Waals surface area contributed by atoms with E-state index in [1.54, 1.807) is 7.11 Å². The maximum Gasteiger partial charge on any atom is 0.161 e. The highest BCUT2D eigenvalue weighted by molar-refractivity contribution is 6.37. The number of hydrazine groups is 1. The number of nitrogens with zero attached hydrogens (tertiary/aromatic N) is 1. The third kappa shape index (κ3) is 4.15. The van der Waals surface area contributed by atoms with Gasteiger partial charge in [0.2, 0.25) is 0 Å². The number of aliphatic hydroxyl groups excluding tert-OH is 1. The van der Waals surface area contributed by atoms with Crippen LogP contribution in [0.2, 0.25) is 10.0 Å². The monoisotopic (exact) mass is 294 g/mol. The lowest BCUT2D eigenvalue weighted by Crippen LogP contribution is -2.27. The molecular weight excluding hydrogens is 279 g/mol. The molecule has 0 bridgehead atoms. The summed E-state index contributed by atoms with van der Waals surface area (Å²) in [4.78, 5) is 4.15. The summed E-state index contributed by atoms with van der Waals surface area (Å²) >= 11 is 11.9. The molecule has 8 heteroatoms. The van der Waals surface area contributed by atoms with E-state index in [0.717, 1.165) is 0 Å². The molecule has 0 aromatic carbocycles. The van der Waals surface area contributed by atoms with E-state index in [0.29, 0.717) is 34.7 Å². The third-order valence-corrected chi connectivity index (χ3v) is 2.83.